The third-order valence-electron chi connectivity index (χ3n) is 3.39. The molecule has 0 saturated carbocycles. The molecule has 0 aliphatic carbocycles. The fourth-order valence-corrected chi connectivity index (χ4v) is 2.29. The first-order valence-electron chi connectivity index (χ1n) is 6.99. The van der Waals surface area contributed by atoms with Crippen LogP contribution in [0.1, 0.15) is 24.7 Å². The maximum Gasteiger partial charge on any atom is 0.326 e. The highest BCUT2D eigenvalue weighted by Gasteiger charge is 2.35. The lowest BCUT2D eigenvalue weighted by Gasteiger charge is -2.32. The van der Waals surface area contributed by atoms with E-state index in [0.717, 1.165) is 5.69 Å². The molecule has 1 unspecified atom stereocenters. The second-order valence-corrected chi connectivity index (χ2v) is 4.80. The summed E-state index contributed by atoms with van der Waals surface area (Å²) in [5.74, 6) is -1.02. The minimum Gasteiger partial charge on any atom is -0.480 e. The molecule has 2 amide bonds. The maximum atomic E-state index is 12.2. The van der Waals surface area contributed by atoms with E-state index < -0.39 is 12.0 Å². The predicted octanol–water partition coefficient (Wildman–Crippen LogP) is 0.357. The lowest BCUT2D eigenvalue weighted by atomic mass is 10.0. The number of aromatic nitrogens is 2. The number of ether oxygens (including phenoxy) is 1. The minimum atomic E-state index is -1.02. The van der Waals surface area contributed by atoms with Crippen LogP contribution in [0.15, 0.2) is 6.33 Å². The summed E-state index contributed by atoms with van der Waals surface area (Å²) in [6, 6.07) is -1.26. The third-order valence-corrected chi connectivity index (χ3v) is 3.39. The van der Waals surface area contributed by atoms with Gasteiger partial charge in [-0.25, -0.2) is 14.6 Å². The van der Waals surface area contributed by atoms with Gasteiger partial charge in [0.15, 0.2) is 0 Å². The number of carboxylic acids is 1. The second kappa shape index (κ2) is 7.07. The average molecular weight is 296 g/mol. The molecule has 21 heavy (non-hydrogen) atoms. The first kappa shape index (κ1) is 15.3. The maximum absolute atomic E-state index is 12.2. The number of nitrogens with one attached hydrogen (secondary N) is 2. The molecular weight excluding hydrogens is 276 g/mol. The van der Waals surface area contributed by atoms with Crippen molar-refractivity contribution in [3.63, 3.8) is 0 Å². The van der Waals surface area contributed by atoms with Crippen molar-refractivity contribution in [3.8, 4) is 0 Å². The van der Waals surface area contributed by atoms with Crippen molar-refractivity contribution in [2.45, 2.75) is 32.4 Å². The van der Waals surface area contributed by atoms with Crippen LogP contribution in [0.2, 0.25) is 0 Å². The molecule has 1 aromatic rings. The van der Waals surface area contributed by atoms with Crippen LogP contribution in [0, 0.1) is 0 Å². The molecule has 8 heteroatoms. The van der Waals surface area contributed by atoms with Crippen molar-refractivity contribution in [2.75, 3.05) is 19.8 Å². The Hall–Kier alpha value is -2.09. The predicted molar refractivity (Wildman–Crippen MR) is 73.8 cm³/mol. The highest BCUT2D eigenvalue weighted by Crippen LogP contribution is 2.20. The molecule has 1 aliphatic heterocycles. The van der Waals surface area contributed by atoms with Crippen LogP contribution in [0.3, 0.4) is 0 Å². The second-order valence-electron chi connectivity index (χ2n) is 4.80. The summed E-state index contributed by atoms with van der Waals surface area (Å²) >= 11 is 0. The summed E-state index contributed by atoms with van der Waals surface area (Å²) in [7, 11) is 0. The summed E-state index contributed by atoms with van der Waals surface area (Å²) in [5.41, 5.74) is 1.50. The Balaban J connectivity index is 1.93. The lowest BCUT2D eigenvalue weighted by molar-refractivity contribution is -0.142. The molecule has 0 saturated heterocycles. The number of hydrogen-bond donors (Lipinski definition) is 3. The van der Waals surface area contributed by atoms with Gasteiger partial charge in [0.2, 0.25) is 0 Å². The molecule has 0 radical (unpaired) electrons. The van der Waals surface area contributed by atoms with Crippen LogP contribution in [0.25, 0.3) is 0 Å². The van der Waals surface area contributed by atoms with Crippen LogP contribution in [0.5, 0.6) is 0 Å². The van der Waals surface area contributed by atoms with Gasteiger partial charge in [0.25, 0.3) is 0 Å². The van der Waals surface area contributed by atoms with Gasteiger partial charge in [-0.15, -0.1) is 0 Å². The Bertz CT molecular complexity index is 502. The number of amides is 2. The monoisotopic (exact) mass is 296 g/mol. The van der Waals surface area contributed by atoms with E-state index in [4.69, 9.17) is 4.74 Å². The van der Waals surface area contributed by atoms with E-state index >= 15 is 0 Å². The summed E-state index contributed by atoms with van der Waals surface area (Å²) in [5, 5.41) is 12.0. The van der Waals surface area contributed by atoms with E-state index in [9.17, 15) is 14.7 Å². The zero-order valence-corrected chi connectivity index (χ0v) is 12.0. The molecule has 1 atom stereocenters. The van der Waals surface area contributed by atoms with Gasteiger partial charge in [-0.3, -0.25) is 0 Å². The number of aromatic amines is 1. The number of aliphatic carboxylic acids is 1. The number of H-pyrrole nitrogens is 1. The van der Waals surface area contributed by atoms with Gasteiger partial charge in [-0.2, -0.15) is 0 Å². The molecule has 2 heterocycles. The van der Waals surface area contributed by atoms with E-state index in [-0.39, 0.29) is 19.0 Å². The van der Waals surface area contributed by atoms with Gasteiger partial charge in [0.1, 0.15) is 6.04 Å². The molecule has 2 rings (SSSR count). The normalized spacial score (nSPS) is 17.4. The molecule has 1 aromatic heterocycles. The Labute approximate surface area is 122 Å². The van der Waals surface area contributed by atoms with Crippen LogP contribution < -0.4 is 5.32 Å². The molecule has 1 aliphatic rings. The van der Waals surface area contributed by atoms with Gasteiger partial charge < -0.3 is 25.0 Å². The topological polar surface area (TPSA) is 108 Å². The van der Waals surface area contributed by atoms with Crippen molar-refractivity contribution >= 4 is 12.0 Å². The number of imidazole rings is 1. The zero-order valence-electron chi connectivity index (χ0n) is 12.0. The average Bonchev–Trinajstić information content (AvgIpc) is 2.92. The van der Waals surface area contributed by atoms with Crippen LogP contribution in [0.4, 0.5) is 4.79 Å². The smallest absolute Gasteiger partial charge is 0.326 e. The molecule has 116 valence electrons. The summed E-state index contributed by atoms with van der Waals surface area (Å²) < 4.78 is 5.18. The van der Waals surface area contributed by atoms with E-state index in [1.54, 1.807) is 0 Å². The number of fused-ring (bicyclic) bond motifs is 1. The van der Waals surface area contributed by atoms with Crippen molar-refractivity contribution < 1.29 is 19.4 Å². The molecule has 0 spiro atoms. The van der Waals surface area contributed by atoms with Crippen molar-refractivity contribution in [1.82, 2.24) is 20.2 Å². The van der Waals surface area contributed by atoms with Crippen LogP contribution >= 0.6 is 0 Å². The number of carbonyl (C=O) groups excluding carboxylic acids is 1. The van der Waals surface area contributed by atoms with Gasteiger partial charge >= 0.3 is 12.0 Å². The fourth-order valence-electron chi connectivity index (χ4n) is 2.29. The Morgan fingerprint density at radius 3 is 3.14 bits per heavy atom. The van der Waals surface area contributed by atoms with Crippen LogP contribution in [-0.4, -0.2) is 57.8 Å². The number of carboxylic acid groups (broad SMARTS) is 1. The molecule has 0 aromatic carbocycles. The van der Waals surface area contributed by atoms with E-state index in [0.29, 0.717) is 31.9 Å². The van der Waals surface area contributed by atoms with E-state index in [1.165, 1.54) is 11.2 Å². The van der Waals surface area contributed by atoms with Gasteiger partial charge in [-0.1, -0.05) is 0 Å². The zero-order chi connectivity index (χ0) is 15.2. The fraction of sp³-hybridized carbons (Fsp3) is 0.615. The molecular formula is C13H20N4O4. The Kier molecular flexibility index (Phi) is 5.15. The standard InChI is InChI=1S/C13H20N4O4/c1-2-21-5-3-4-14-13(20)17-7-10-9(15-8-16-10)6-11(17)12(18)19/h8,11H,2-7H2,1H3,(H,14,20)(H,15,16)(H,18,19). The van der Waals surface area contributed by atoms with E-state index in [1.807, 2.05) is 6.92 Å². The Morgan fingerprint density at radius 1 is 1.62 bits per heavy atom. The molecule has 8 nitrogen and oxygen atoms in total. The lowest BCUT2D eigenvalue weighted by Crippen LogP contribution is -2.52. The summed E-state index contributed by atoms with van der Waals surface area (Å²) in [4.78, 5) is 31.8. The highest BCUT2D eigenvalue weighted by atomic mass is 16.5. The quantitative estimate of drug-likeness (QED) is 0.657. The summed E-state index contributed by atoms with van der Waals surface area (Å²) in [6.45, 7) is 3.81. The van der Waals surface area contributed by atoms with Gasteiger partial charge in [0, 0.05) is 26.2 Å². The number of carbonyl (C=O) groups is 2. The minimum absolute atomic E-state index is 0.223. The van der Waals surface area contributed by atoms with Crippen molar-refractivity contribution in [1.29, 1.82) is 0 Å². The number of urea groups is 1. The van der Waals surface area contributed by atoms with Gasteiger partial charge in [-0.05, 0) is 13.3 Å². The highest BCUT2D eigenvalue weighted by molar-refractivity contribution is 5.83. The third kappa shape index (κ3) is 3.72. The van der Waals surface area contributed by atoms with Crippen LogP contribution in [-0.2, 0) is 22.5 Å². The number of hydrogen-bond acceptors (Lipinski definition) is 4. The molecule has 3 N–H and O–H groups in total. The molecule has 0 bridgehead atoms. The Morgan fingerprint density at radius 2 is 2.43 bits per heavy atom. The first-order chi connectivity index (χ1) is 10.1. The molecule has 0 fully saturated rings. The number of nitrogens with zero attached hydrogens (tertiary/aromatic N) is 2. The summed E-state index contributed by atoms with van der Waals surface area (Å²) in [6.07, 6.45) is 2.44. The van der Waals surface area contributed by atoms with Crippen molar-refractivity contribution in [3.05, 3.63) is 17.7 Å². The first-order valence-corrected chi connectivity index (χ1v) is 6.99. The largest absolute Gasteiger partial charge is 0.480 e. The van der Waals surface area contributed by atoms with Crippen molar-refractivity contribution in [2.24, 2.45) is 0 Å². The van der Waals surface area contributed by atoms with E-state index in [2.05, 4.69) is 15.3 Å². The SMILES string of the molecule is CCOCCCNC(=O)N1Cc2[nH]cnc2CC1C(=O)O. The van der Waals surface area contributed by atoms with Gasteiger partial charge in [0.05, 0.1) is 24.3 Å². The number of rotatable bonds is 6.